The molecular weight excluding hydrogens is 268 g/mol. The summed E-state index contributed by atoms with van der Waals surface area (Å²) in [5.41, 5.74) is -0.239. The standard InChI is InChI=1S/C17H20O4/c1-6(18)21-16-5-9-10-7-4-8-11(10)12(9)15(16)17(14(8)13(7)16)19-2-3-20-17/h7-15H,2-5H2,1H3/t7-,8-,9+,10-,11+,12-,13+,14+,15+,16-/m0/s1. The Bertz CT molecular complexity index is 596. The number of esters is 1. The number of carbonyl (C=O) groups is 1. The van der Waals surface area contributed by atoms with Gasteiger partial charge in [0.05, 0.1) is 19.1 Å². The van der Waals surface area contributed by atoms with Crippen molar-refractivity contribution < 1.29 is 19.0 Å². The van der Waals surface area contributed by atoms with Crippen LogP contribution in [0.1, 0.15) is 19.8 Å². The summed E-state index contributed by atoms with van der Waals surface area (Å²) in [6, 6.07) is 0. The first-order valence-electron chi connectivity index (χ1n) is 8.66. The molecule has 0 amide bonds. The largest absolute Gasteiger partial charge is 0.458 e. The van der Waals surface area contributed by atoms with Crippen LogP contribution in [-0.4, -0.2) is 30.6 Å². The van der Waals surface area contributed by atoms with Crippen LogP contribution in [0.5, 0.6) is 0 Å². The molecule has 112 valence electrons. The van der Waals surface area contributed by atoms with Gasteiger partial charge in [-0.25, -0.2) is 0 Å². The van der Waals surface area contributed by atoms with Crippen molar-refractivity contribution in [3.63, 3.8) is 0 Å². The molecule has 5 aliphatic carbocycles. The predicted octanol–water partition coefficient (Wildman–Crippen LogP) is 1.44. The number of hydrogen-bond donors (Lipinski definition) is 0. The van der Waals surface area contributed by atoms with E-state index < -0.39 is 0 Å². The highest BCUT2D eigenvalue weighted by molar-refractivity contribution is 5.67. The van der Waals surface area contributed by atoms with E-state index in [2.05, 4.69) is 0 Å². The molecule has 6 fully saturated rings. The van der Waals surface area contributed by atoms with Crippen LogP contribution in [0.15, 0.2) is 0 Å². The molecule has 0 radical (unpaired) electrons. The number of hydrogen-bond acceptors (Lipinski definition) is 4. The second-order valence-electron chi connectivity index (χ2n) is 8.66. The van der Waals surface area contributed by atoms with E-state index in [9.17, 15) is 4.79 Å². The van der Waals surface area contributed by atoms with Crippen molar-refractivity contribution in [1.29, 1.82) is 0 Å². The fraction of sp³-hybridized carbons (Fsp3) is 0.941. The summed E-state index contributed by atoms with van der Waals surface area (Å²) in [4.78, 5) is 11.9. The van der Waals surface area contributed by atoms with E-state index >= 15 is 0 Å². The number of rotatable bonds is 1. The van der Waals surface area contributed by atoms with E-state index in [0.29, 0.717) is 23.7 Å². The van der Waals surface area contributed by atoms with Crippen LogP contribution in [0.4, 0.5) is 0 Å². The monoisotopic (exact) mass is 288 g/mol. The Morgan fingerprint density at radius 2 is 1.81 bits per heavy atom. The summed E-state index contributed by atoms with van der Waals surface area (Å²) < 4.78 is 18.7. The third-order valence-corrected chi connectivity index (χ3v) is 8.72. The minimum atomic E-state index is -0.388. The summed E-state index contributed by atoms with van der Waals surface area (Å²) in [6.45, 7) is 3.02. The highest BCUT2D eigenvalue weighted by Crippen LogP contribution is 2.90. The molecule has 2 bridgehead atoms. The smallest absolute Gasteiger partial charge is 0.303 e. The molecule has 4 heteroatoms. The average Bonchev–Trinajstić information content (AvgIpc) is 3.12. The Labute approximate surface area is 123 Å². The summed E-state index contributed by atoms with van der Waals surface area (Å²) in [5, 5.41) is 0. The van der Waals surface area contributed by atoms with Crippen molar-refractivity contribution in [3.05, 3.63) is 0 Å². The molecule has 10 atom stereocenters. The number of ether oxygens (including phenoxy) is 3. The molecule has 0 aromatic rings. The molecule has 1 spiro atoms. The predicted molar refractivity (Wildman–Crippen MR) is 69.8 cm³/mol. The Kier molecular flexibility index (Phi) is 1.47. The van der Waals surface area contributed by atoms with Gasteiger partial charge in [0.2, 0.25) is 0 Å². The lowest BCUT2D eigenvalue weighted by Gasteiger charge is -2.62. The Hall–Kier alpha value is -0.610. The molecule has 6 rings (SSSR count). The Morgan fingerprint density at radius 1 is 1.05 bits per heavy atom. The van der Waals surface area contributed by atoms with Crippen LogP contribution >= 0.6 is 0 Å². The third kappa shape index (κ3) is 0.786. The van der Waals surface area contributed by atoms with Crippen LogP contribution in [0.3, 0.4) is 0 Å². The first kappa shape index (κ1) is 11.0. The van der Waals surface area contributed by atoms with Crippen LogP contribution in [0.2, 0.25) is 0 Å². The topological polar surface area (TPSA) is 44.8 Å². The Balaban J connectivity index is 1.51. The first-order chi connectivity index (χ1) is 10.2. The normalized spacial score (nSPS) is 68.3. The molecule has 4 nitrogen and oxygen atoms in total. The molecule has 5 saturated carbocycles. The van der Waals surface area contributed by atoms with Gasteiger partial charge in [-0.2, -0.15) is 0 Å². The lowest BCUT2D eigenvalue weighted by Crippen LogP contribution is -2.63. The zero-order valence-electron chi connectivity index (χ0n) is 12.2. The average molecular weight is 288 g/mol. The van der Waals surface area contributed by atoms with Crippen LogP contribution in [-0.2, 0) is 19.0 Å². The van der Waals surface area contributed by atoms with Crippen molar-refractivity contribution in [3.8, 4) is 0 Å². The van der Waals surface area contributed by atoms with Crippen molar-refractivity contribution in [2.45, 2.75) is 31.2 Å². The van der Waals surface area contributed by atoms with Gasteiger partial charge >= 0.3 is 5.97 Å². The van der Waals surface area contributed by atoms with Gasteiger partial charge in [-0.3, -0.25) is 4.79 Å². The van der Waals surface area contributed by atoms with Gasteiger partial charge < -0.3 is 14.2 Å². The van der Waals surface area contributed by atoms with Crippen LogP contribution in [0, 0.1) is 53.3 Å². The van der Waals surface area contributed by atoms with Gasteiger partial charge in [-0.05, 0) is 48.3 Å². The van der Waals surface area contributed by atoms with E-state index in [1.54, 1.807) is 6.92 Å². The highest BCUT2D eigenvalue weighted by Gasteiger charge is 2.94. The molecule has 1 aliphatic heterocycles. The molecule has 0 N–H and O–H groups in total. The second kappa shape index (κ2) is 2.80. The van der Waals surface area contributed by atoms with Gasteiger partial charge in [-0.1, -0.05) is 0 Å². The number of carbonyl (C=O) groups excluding carboxylic acids is 1. The molecule has 21 heavy (non-hydrogen) atoms. The SMILES string of the molecule is CC(=O)O[C@]12C[C@@H]3[C@@H]4[C@@H]5C[C@H]6[C@H]4[C@H]3[C@H]1C1(OCCO1)[C@H]6[C@@H]52. The lowest BCUT2D eigenvalue weighted by molar-refractivity contribution is -0.292. The molecule has 0 aromatic heterocycles. The highest BCUT2D eigenvalue weighted by atomic mass is 16.7. The summed E-state index contributed by atoms with van der Waals surface area (Å²) in [7, 11) is 0. The van der Waals surface area contributed by atoms with Gasteiger partial charge in [0.25, 0.3) is 0 Å². The maximum absolute atomic E-state index is 11.9. The van der Waals surface area contributed by atoms with Crippen molar-refractivity contribution in [2.24, 2.45) is 53.3 Å². The first-order valence-corrected chi connectivity index (χ1v) is 8.66. The molecule has 1 heterocycles. The molecule has 0 aromatic carbocycles. The maximum Gasteiger partial charge on any atom is 0.303 e. The zero-order valence-corrected chi connectivity index (χ0v) is 12.2. The van der Waals surface area contributed by atoms with Gasteiger partial charge in [-0.15, -0.1) is 0 Å². The zero-order chi connectivity index (χ0) is 13.7. The minimum absolute atomic E-state index is 0.103. The molecule has 0 unspecified atom stereocenters. The summed E-state index contributed by atoms with van der Waals surface area (Å²) in [5.74, 6) is 5.82. The third-order valence-electron chi connectivity index (χ3n) is 8.72. The summed E-state index contributed by atoms with van der Waals surface area (Å²) >= 11 is 0. The van der Waals surface area contributed by atoms with Gasteiger partial charge in [0, 0.05) is 18.8 Å². The van der Waals surface area contributed by atoms with E-state index in [1.165, 1.54) is 6.42 Å². The lowest BCUT2D eigenvalue weighted by atomic mass is 9.44. The van der Waals surface area contributed by atoms with Gasteiger partial charge in [0.1, 0.15) is 5.60 Å². The maximum atomic E-state index is 11.9. The number of fused-ring (bicyclic) bond motifs is 16. The van der Waals surface area contributed by atoms with Crippen molar-refractivity contribution in [1.82, 2.24) is 0 Å². The minimum Gasteiger partial charge on any atom is -0.458 e. The van der Waals surface area contributed by atoms with Crippen molar-refractivity contribution in [2.75, 3.05) is 13.2 Å². The Morgan fingerprint density at radius 3 is 2.57 bits per heavy atom. The molecule has 1 saturated heterocycles. The van der Waals surface area contributed by atoms with E-state index in [1.807, 2.05) is 0 Å². The molecule has 6 aliphatic rings. The van der Waals surface area contributed by atoms with Crippen LogP contribution in [0.25, 0.3) is 0 Å². The van der Waals surface area contributed by atoms with Crippen molar-refractivity contribution >= 4 is 5.97 Å². The molecular formula is C17H20O4. The second-order valence-corrected chi connectivity index (χ2v) is 8.66. The van der Waals surface area contributed by atoms with E-state index in [-0.39, 0.29) is 17.4 Å². The fourth-order valence-corrected chi connectivity index (χ4v) is 9.24. The van der Waals surface area contributed by atoms with E-state index in [4.69, 9.17) is 14.2 Å². The van der Waals surface area contributed by atoms with Crippen LogP contribution < -0.4 is 0 Å². The fourth-order valence-electron chi connectivity index (χ4n) is 9.24. The van der Waals surface area contributed by atoms with Gasteiger partial charge in [0.15, 0.2) is 5.79 Å². The summed E-state index contributed by atoms with van der Waals surface area (Å²) in [6.07, 6.45) is 2.45. The van der Waals surface area contributed by atoms with E-state index in [0.717, 1.165) is 49.2 Å². The quantitative estimate of drug-likeness (QED) is 0.541.